The third kappa shape index (κ3) is 3.23. The Kier molecular flexibility index (Phi) is 3.68. The van der Waals surface area contributed by atoms with E-state index in [1.54, 1.807) is 18.7 Å². The summed E-state index contributed by atoms with van der Waals surface area (Å²) in [5, 5.41) is 2.61. The first-order valence-electron chi connectivity index (χ1n) is 5.33. The van der Waals surface area contributed by atoms with Crippen molar-refractivity contribution >= 4 is 23.6 Å². The fraction of sp³-hybridized carbons (Fsp3) is 0.333. The first-order valence-corrected chi connectivity index (χ1v) is 6.32. The largest absolute Gasteiger partial charge is 0.443 e. The molecular weight excluding hydrogens is 238 g/mol. The van der Waals surface area contributed by atoms with Crippen LogP contribution in [0.15, 0.2) is 29.2 Å². The fourth-order valence-electron chi connectivity index (χ4n) is 1.50. The molecule has 1 heterocycles. The third-order valence-corrected chi connectivity index (χ3v) is 3.59. The number of carbonyl (C=O) groups excluding carboxylic acids is 2. The van der Waals surface area contributed by atoms with E-state index in [4.69, 9.17) is 4.74 Å². The molecular formula is C12H13NO3S. The molecule has 17 heavy (non-hydrogen) atoms. The Labute approximate surface area is 104 Å². The molecule has 1 atom stereocenters. The van der Waals surface area contributed by atoms with Crippen molar-refractivity contribution in [2.24, 2.45) is 0 Å². The smallest absolute Gasteiger partial charge is 0.407 e. The predicted molar refractivity (Wildman–Crippen MR) is 65.4 cm³/mol. The first kappa shape index (κ1) is 12.0. The lowest BCUT2D eigenvalue weighted by atomic mass is 10.2. The molecule has 1 N–H and O–H groups in total. The van der Waals surface area contributed by atoms with E-state index in [1.807, 2.05) is 24.3 Å². The van der Waals surface area contributed by atoms with Gasteiger partial charge in [-0.1, -0.05) is 12.1 Å². The van der Waals surface area contributed by atoms with Crippen LogP contribution in [0.4, 0.5) is 4.79 Å². The summed E-state index contributed by atoms with van der Waals surface area (Å²) in [6.45, 7) is 2.11. The average Bonchev–Trinajstić information content (AvgIpc) is 2.73. The highest BCUT2D eigenvalue weighted by atomic mass is 32.2. The molecule has 1 aliphatic heterocycles. The van der Waals surface area contributed by atoms with Crippen LogP contribution in [0.2, 0.25) is 0 Å². The molecule has 0 aliphatic carbocycles. The number of cyclic esters (lactones) is 1. The van der Waals surface area contributed by atoms with Crippen molar-refractivity contribution in [2.75, 3.05) is 12.3 Å². The van der Waals surface area contributed by atoms with Crippen molar-refractivity contribution in [3.05, 3.63) is 29.8 Å². The maximum absolute atomic E-state index is 11.1. The summed E-state index contributed by atoms with van der Waals surface area (Å²) in [7, 11) is 0. The zero-order valence-electron chi connectivity index (χ0n) is 9.43. The van der Waals surface area contributed by atoms with Gasteiger partial charge < -0.3 is 10.1 Å². The molecule has 1 amide bonds. The summed E-state index contributed by atoms with van der Waals surface area (Å²) < 4.78 is 5.02. The number of ether oxygens (including phenoxy) is 1. The third-order valence-electron chi connectivity index (χ3n) is 2.44. The Morgan fingerprint density at radius 1 is 1.47 bits per heavy atom. The fourth-order valence-corrected chi connectivity index (χ4v) is 2.39. The number of alkyl carbamates (subject to hydrolysis) is 1. The lowest BCUT2D eigenvalue weighted by molar-refractivity contribution is 0.101. The summed E-state index contributed by atoms with van der Waals surface area (Å²) in [5.41, 5.74) is 0.711. The van der Waals surface area contributed by atoms with E-state index in [-0.39, 0.29) is 18.0 Å². The molecule has 2 rings (SSSR count). The molecule has 1 aromatic rings. The predicted octanol–water partition coefficient (Wildman–Crippen LogP) is 2.09. The number of hydrogen-bond donors (Lipinski definition) is 1. The van der Waals surface area contributed by atoms with E-state index in [2.05, 4.69) is 5.32 Å². The van der Waals surface area contributed by atoms with Crippen molar-refractivity contribution < 1.29 is 14.3 Å². The average molecular weight is 251 g/mol. The monoisotopic (exact) mass is 251 g/mol. The lowest BCUT2D eigenvalue weighted by Crippen LogP contribution is -2.16. The van der Waals surface area contributed by atoms with Crippen LogP contribution in [0.25, 0.3) is 0 Å². The number of benzene rings is 1. The molecule has 1 saturated heterocycles. The minimum atomic E-state index is -0.345. The molecule has 1 unspecified atom stereocenters. The van der Waals surface area contributed by atoms with Crippen molar-refractivity contribution in [2.45, 2.75) is 17.9 Å². The zero-order chi connectivity index (χ0) is 12.3. The highest BCUT2D eigenvalue weighted by Crippen LogP contribution is 2.21. The van der Waals surface area contributed by atoms with Crippen LogP contribution in [-0.2, 0) is 4.74 Å². The van der Waals surface area contributed by atoms with Gasteiger partial charge in [-0.3, -0.25) is 4.79 Å². The molecule has 0 radical (unpaired) electrons. The Balaban J connectivity index is 1.87. The second kappa shape index (κ2) is 5.23. The summed E-state index contributed by atoms with van der Waals surface area (Å²) in [4.78, 5) is 23.0. The molecule has 4 nitrogen and oxygen atoms in total. The maximum Gasteiger partial charge on any atom is 0.407 e. The number of nitrogens with one attached hydrogen (secondary N) is 1. The maximum atomic E-state index is 11.1. The van der Waals surface area contributed by atoms with Crippen LogP contribution in [0.3, 0.4) is 0 Å². The number of carbonyl (C=O) groups is 2. The van der Waals surface area contributed by atoms with Gasteiger partial charge in [0, 0.05) is 16.2 Å². The molecule has 90 valence electrons. The zero-order valence-corrected chi connectivity index (χ0v) is 10.3. The van der Waals surface area contributed by atoms with Crippen LogP contribution in [0, 0.1) is 0 Å². The second-order valence-corrected chi connectivity index (χ2v) is 4.89. The van der Waals surface area contributed by atoms with Gasteiger partial charge in [-0.05, 0) is 19.1 Å². The number of Topliss-reactive ketones (excluding diaryl/α,β-unsaturated/α-hetero) is 1. The normalized spacial score (nSPS) is 18.6. The van der Waals surface area contributed by atoms with E-state index >= 15 is 0 Å². The van der Waals surface area contributed by atoms with Crippen molar-refractivity contribution in [1.29, 1.82) is 0 Å². The Hall–Kier alpha value is -1.49. The van der Waals surface area contributed by atoms with Gasteiger partial charge in [-0.25, -0.2) is 4.79 Å². The number of hydrogen-bond acceptors (Lipinski definition) is 4. The van der Waals surface area contributed by atoms with Gasteiger partial charge in [0.1, 0.15) is 6.10 Å². The van der Waals surface area contributed by atoms with E-state index in [9.17, 15) is 9.59 Å². The molecule has 0 spiro atoms. The molecule has 1 fully saturated rings. The highest BCUT2D eigenvalue weighted by molar-refractivity contribution is 7.99. The Morgan fingerprint density at radius 3 is 2.71 bits per heavy atom. The van der Waals surface area contributed by atoms with E-state index < -0.39 is 0 Å². The van der Waals surface area contributed by atoms with Gasteiger partial charge in [-0.15, -0.1) is 11.8 Å². The van der Waals surface area contributed by atoms with Crippen LogP contribution in [0.1, 0.15) is 17.3 Å². The molecule has 0 aromatic heterocycles. The van der Waals surface area contributed by atoms with Gasteiger partial charge in [0.15, 0.2) is 5.78 Å². The van der Waals surface area contributed by atoms with Crippen molar-refractivity contribution in [3.8, 4) is 0 Å². The minimum absolute atomic E-state index is 0.0653. The number of thioether (sulfide) groups is 1. The van der Waals surface area contributed by atoms with Crippen LogP contribution < -0.4 is 5.32 Å². The van der Waals surface area contributed by atoms with Gasteiger partial charge in [0.05, 0.1) is 6.54 Å². The minimum Gasteiger partial charge on any atom is -0.443 e. The number of ketones is 1. The standard InChI is InChI=1S/C12H13NO3S/c1-8(14)9-2-4-11(5-3-9)17-7-10-6-13-12(15)16-10/h2-5,10H,6-7H2,1H3,(H,13,15). The number of amides is 1. The Morgan fingerprint density at radius 2 is 2.18 bits per heavy atom. The summed E-state index contributed by atoms with van der Waals surface area (Å²) >= 11 is 1.61. The van der Waals surface area contributed by atoms with Crippen LogP contribution in [0.5, 0.6) is 0 Å². The van der Waals surface area contributed by atoms with Gasteiger partial charge in [0.25, 0.3) is 0 Å². The topological polar surface area (TPSA) is 55.4 Å². The first-order chi connectivity index (χ1) is 8.15. The molecule has 0 bridgehead atoms. The SMILES string of the molecule is CC(=O)c1ccc(SCC2CNC(=O)O2)cc1. The number of rotatable bonds is 4. The Bertz CT molecular complexity index is 430. The van der Waals surface area contributed by atoms with E-state index in [0.717, 1.165) is 10.6 Å². The van der Waals surface area contributed by atoms with E-state index in [0.29, 0.717) is 12.1 Å². The van der Waals surface area contributed by atoms with Gasteiger partial charge in [-0.2, -0.15) is 0 Å². The van der Waals surface area contributed by atoms with Gasteiger partial charge >= 0.3 is 6.09 Å². The van der Waals surface area contributed by atoms with Crippen LogP contribution >= 0.6 is 11.8 Å². The second-order valence-electron chi connectivity index (χ2n) is 3.80. The lowest BCUT2D eigenvalue weighted by Gasteiger charge is -2.07. The van der Waals surface area contributed by atoms with Crippen molar-refractivity contribution in [1.82, 2.24) is 5.32 Å². The molecule has 0 saturated carbocycles. The van der Waals surface area contributed by atoms with E-state index in [1.165, 1.54) is 0 Å². The van der Waals surface area contributed by atoms with Gasteiger partial charge in [0.2, 0.25) is 0 Å². The summed E-state index contributed by atoms with van der Waals surface area (Å²) in [6, 6.07) is 7.43. The quantitative estimate of drug-likeness (QED) is 0.657. The molecule has 1 aromatic carbocycles. The summed E-state index contributed by atoms with van der Waals surface area (Å²) in [5.74, 6) is 0.786. The molecule has 5 heteroatoms. The highest BCUT2D eigenvalue weighted by Gasteiger charge is 2.22. The molecule has 1 aliphatic rings. The van der Waals surface area contributed by atoms with Crippen molar-refractivity contribution in [3.63, 3.8) is 0 Å². The van der Waals surface area contributed by atoms with Crippen LogP contribution in [-0.4, -0.2) is 30.3 Å². The summed E-state index contributed by atoms with van der Waals surface area (Å²) in [6.07, 6.45) is -0.414.